The Morgan fingerprint density at radius 2 is 1.96 bits per heavy atom. The van der Waals surface area contributed by atoms with Gasteiger partial charge in [0.05, 0.1) is 0 Å². The first kappa shape index (κ1) is 16.7. The van der Waals surface area contributed by atoms with Crippen LogP contribution in [-0.2, 0) is 11.2 Å². The average molecular weight is 347 g/mol. The Morgan fingerprint density at radius 1 is 1.15 bits per heavy atom. The number of aromatic amines is 1. The second-order valence-corrected chi connectivity index (χ2v) is 7.10. The molecule has 2 heterocycles. The van der Waals surface area contributed by atoms with Gasteiger partial charge in [-0.3, -0.25) is 4.79 Å². The maximum absolute atomic E-state index is 12.4. The van der Waals surface area contributed by atoms with Crippen LogP contribution in [0, 0.1) is 6.92 Å². The van der Waals surface area contributed by atoms with Crippen molar-refractivity contribution < 1.29 is 4.79 Å². The van der Waals surface area contributed by atoms with E-state index < -0.39 is 0 Å². The van der Waals surface area contributed by atoms with Crippen LogP contribution in [-0.4, -0.2) is 24.0 Å². The molecule has 134 valence electrons. The minimum absolute atomic E-state index is 0.0589. The fraction of sp³-hybridized carbons (Fsp3) is 0.318. The number of nitrogens with zero attached hydrogens (tertiary/aromatic N) is 1. The van der Waals surface area contributed by atoms with Crippen molar-refractivity contribution >= 4 is 28.2 Å². The summed E-state index contributed by atoms with van der Waals surface area (Å²) < 4.78 is 0. The number of hydrogen-bond donors (Lipinski definition) is 2. The van der Waals surface area contributed by atoms with E-state index in [1.165, 1.54) is 35.0 Å². The summed E-state index contributed by atoms with van der Waals surface area (Å²) in [5, 5.41) is 4.24. The summed E-state index contributed by atoms with van der Waals surface area (Å²) in [6.45, 7) is 4.39. The van der Waals surface area contributed by atoms with Gasteiger partial charge in [0.1, 0.15) is 0 Å². The zero-order valence-electron chi connectivity index (χ0n) is 15.2. The number of anilines is 2. The van der Waals surface area contributed by atoms with Gasteiger partial charge in [0.25, 0.3) is 0 Å². The second kappa shape index (κ2) is 7.24. The molecule has 2 N–H and O–H groups in total. The van der Waals surface area contributed by atoms with Gasteiger partial charge in [-0.2, -0.15) is 0 Å². The molecule has 1 aliphatic rings. The summed E-state index contributed by atoms with van der Waals surface area (Å²) in [7, 11) is 0. The smallest absolute Gasteiger partial charge is 0.224 e. The molecule has 1 aliphatic heterocycles. The van der Waals surface area contributed by atoms with Crippen LogP contribution in [0.2, 0.25) is 0 Å². The number of aryl methyl sites for hydroxylation is 2. The van der Waals surface area contributed by atoms with Crippen molar-refractivity contribution in [3.63, 3.8) is 0 Å². The standard InChI is InChI=1S/C22H25N3O/c1-16-14-18(9-10-21(16)25-12-4-5-13-25)24-22(26)11-8-17-15-23-20-7-3-2-6-19(17)20/h2-3,6-7,9-10,14-15,23H,4-5,8,11-13H2,1H3,(H,24,26). The highest BCUT2D eigenvalue weighted by atomic mass is 16.1. The normalized spacial score (nSPS) is 14.1. The van der Waals surface area contributed by atoms with E-state index in [0.29, 0.717) is 6.42 Å². The molecule has 0 bridgehead atoms. The Hall–Kier alpha value is -2.75. The molecule has 0 unspecified atom stereocenters. The SMILES string of the molecule is Cc1cc(NC(=O)CCc2c[nH]c3ccccc23)ccc1N1CCCC1. The molecule has 4 heteroatoms. The van der Waals surface area contributed by atoms with E-state index in [0.717, 1.165) is 30.7 Å². The Morgan fingerprint density at radius 3 is 2.77 bits per heavy atom. The average Bonchev–Trinajstić information content (AvgIpc) is 3.30. The van der Waals surface area contributed by atoms with Gasteiger partial charge < -0.3 is 15.2 Å². The molecule has 0 radical (unpaired) electrons. The number of benzene rings is 2. The zero-order chi connectivity index (χ0) is 17.9. The van der Waals surface area contributed by atoms with E-state index in [4.69, 9.17) is 0 Å². The quantitative estimate of drug-likeness (QED) is 0.706. The summed E-state index contributed by atoms with van der Waals surface area (Å²) >= 11 is 0. The molecule has 0 aliphatic carbocycles. The third-order valence-electron chi connectivity index (χ3n) is 5.22. The highest BCUT2D eigenvalue weighted by molar-refractivity contribution is 5.92. The number of rotatable bonds is 5. The first-order valence-electron chi connectivity index (χ1n) is 9.41. The summed E-state index contributed by atoms with van der Waals surface area (Å²) in [5.74, 6) is 0.0589. The van der Waals surface area contributed by atoms with E-state index in [9.17, 15) is 4.79 Å². The first-order chi connectivity index (χ1) is 12.7. The van der Waals surface area contributed by atoms with E-state index in [2.05, 4.69) is 46.4 Å². The molecular weight excluding hydrogens is 322 g/mol. The van der Waals surface area contributed by atoms with Gasteiger partial charge in [-0.05, 0) is 61.6 Å². The predicted octanol–water partition coefficient (Wildman–Crippen LogP) is 4.65. The van der Waals surface area contributed by atoms with Gasteiger partial charge in [0.2, 0.25) is 5.91 Å². The maximum Gasteiger partial charge on any atom is 0.224 e. The molecule has 4 rings (SSSR count). The maximum atomic E-state index is 12.4. The molecule has 26 heavy (non-hydrogen) atoms. The van der Waals surface area contributed by atoms with Crippen LogP contribution < -0.4 is 10.2 Å². The zero-order valence-corrected chi connectivity index (χ0v) is 15.2. The second-order valence-electron chi connectivity index (χ2n) is 7.10. The Balaban J connectivity index is 1.38. The summed E-state index contributed by atoms with van der Waals surface area (Å²) in [5.41, 5.74) is 5.71. The number of hydrogen-bond acceptors (Lipinski definition) is 2. The number of carbonyl (C=O) groups is 1. The number of para-hydroxylation sites is 1. The van der Waals surface area contributed by atoms with Gasteiger partial charge >= 0.3 is 0 Å². The molecule has 3 aromatic rings. The third kappa shape index (κ3) is 3.45. The Labute approximate surface area is 154 Å². The van der Waals surface area contributed by atoms with Crippen LogP contribution in [0.4, 0.5) is 11.4 Å². The van der Waals surface area contributed by atoms with Crippen LogP contribution in [0.25, 0.3) is 10.9 Å². The lowest BCUT2D eigenvalue weighted by Crippen LogP contribution is -2.19. The van der Waals surface area contributed by atoms with Gasteiger partial charge in [-0.1, -0.05) is 18.2 Å². The highest BCUT2D eigenvalue weighted by Crippen LogP contribution is 2.27. The predicted molar refractivity (Wildman–Crippen MR) is 108 cm³/mol. The van der Waals surface area contributed by atoms with Gasteiger partial charge in [0.15, 0.2) is 0 Å². The molecule has 1 amide bonds. The van der Waals surface area contributed by atoms with Crippen LogP contribution in [0.15, 0.2) is 48.7 Å². The molecule has 2 aromatic carbocycles. The van der Waals surface area contributed by atoms with Crippen molar-refractivity contribution in [2.24, 2.45) is 0 Å². The molecule has 0 saturated carbocycles. The molecule has 0 spiro atoms. The van der Waals surface area contributed by atoms with Crippen molar-refractivity contribution in [2.45, 2.75) is 32.6 Å². The van der Waals surface area contributed by atoms with E-state index >= 15 is 0 Å². The fourth-order valence-corrected chi connectivity index (χ4v) is 3.86. The minimum atomic E-state index is 0.0589. The van der Waals surface area contributed by atoms with Crippen LogP contribution in [0.3, 0.4) is 0 Å². The highest BCUT2D eigenvalue weighted by Gasteiger charge is 2.15. The number of fused-ring (bicyclic) bond motifs is 1. The topological polar surface area (TPSA) is 48.1 Å². The number of carbonyl (C=O) groups excluding carboxylic acids is 1. The number of nitrogens with one attached hydrogen (secondary N) is 2. The molecule has 4 nitrogen and oxygen atoms in total. The van der Waals surface area contributed by atoms with Gasteiger partial charge in [-0.25, -0.2) is 0 Å². The molecule has 1 saturated heterocycles. The van der Waals surface area contributed by atoms with Crippen molar-refractivity contribution in [3.8, 4) is 0 Å². The van der Waals surface area contributed by atoms with Gasteiger partial charge in [-0.15, -0.1) is 0 Å². The van der Waals surface area contributed by atoms with Crippen LogP contribution >= 0.6 is 0 Å². The van der Waals surface area contributed by atoms with Crippen LogP contribution in [0.5, 0.6) is 0 Å². The fourth-order valence-electron chi connectivity index (χ4n) is 3.86. The molecule has 0 atom stereocenters. The van der Waals surface area contributed by atoms with E-state index in [-0.39, 0.29) is 5.91 Å². The molecule has 1 fully saturated rings. The van der Waals surface area contributed by atoms with Crippen LogP contribution in [0.1, 0.15) is 30.4 Å². The summed E-state index contributed by atoms with van der Waals surface area (Å²) in [4.78, 5) is 18.1. The lowest BCUT2D eigenvalue weighted by molar-refractivity contribution is -0.116. The van der Waals surface area contributed by atoms with E-state index in [1.54, 1.807) is 0 Å². The number of H-pyrrole nitrogens is 1. The monoisotopic (exact) mass is 347 g/mol. The Kier molecular flexibility index (Phi) is 4.65. The minimum Gasteiger partial charge on any atom is -0.371 e. The van der Waals surface area contributed by atoms with Gasteiger partial charge in [0, 0.05) is 48.0 Å². The van der Waals surface area contributed by atoms with Crippen molar-refractivity contribution in [3.05, 3.63) is 59.8 Å². The van der Waals surface area contributed by atoms with E-state index in [1.807, 2.05) is 24.4 Å². The lowest BCUT2D eigenvalue weighted by Gasteiger charge is -2.20. The first-order valence-corrected chi connectivity index (χ1v) is 9.41. The summed E-state index contributed by atoms with van der Waals surface area (Å²) in [6, 6.07) is 14.4. The third-order valence-corrected chi connectivity index (χ3v) is 5.22. The number of amides is 1. The largest absolute Gasteiger partial charge is 0.371 e. The summed E-state index contributed by atoms with van der Waals surface area (Å²) in [6.07, 6.45) is 5.76. The lowest BCUT2D eigenvalue weighted by atomic mass is 10.1. The Bertz CT molecular complexity index is 922. The molecule has 1 aromatic heterocycles. The number of aromatic nitrogens is 1. The molecular formula is C22H25N3O. The van der Waals surface area contributed by atoms with Crippen molar-refractivity contribution in [2.75, 3.05) is 23.3 Å². The van der Waals surface area contributed by atoms with Crippen molar-refractivity contribution in [1.29, 1.82) is 0 Å². The van der Waals surface area contributed by atoms with Crippen molar-refractivity contribution in [1.82, 2.24) is 4.98 Å².